The molecule has 7 heteroatoms. The number of nitrogens with zero attached hydrogens (tertiary/aromatic N) is 1. The lowest BCUT2D eigenvalue weighted by Gasteiger charge is -2.16. The zero-order valence-electron chi connectivity index (χ0n) is 8.89. The fourth-order valence-corrected chi connectivity index (χ4v) is 1.22. The van der Waals surface area contributed by atoms with Gasteiger partial charge < -0.3 is 4.74 Å². The van der Waals surface area contributed by atoms with Crippen LogP contribution in [-0.2, 0) is 5.88 Å². The van der Waals surface area contributed by atoms with E-state index in [0.717, 1.165) is 0 Å². The van der Waals surface area contributed by atoms with Gasteiger partial charge in [-0.25, -0.2) is 13.8 Å². The highest BCUT2D eigenvalue weighted by molar-refractivity contribution is 6.17. The molecule has 96 valence electrons. The van der Waals surface area contributed by atoms with E-state index in [9.17, 15) is 17.6 Å². The van der Waals surface area contributed by atoms with Crippen LogP contribution in [0.2, 0.25) is 0 Å². The molecule has 2 nitrogen and oxygen atoms in total. The van der Waals surface area contributed by atoms with E-state index in [2.05, 4.69) is 9.72 Å². The molecular formula is C10H10ClF4NO. The number of rotatable bonds is 5. The Morgan fingerprint density at radius 3 is 2.59 bits per heavy atom. The van der Waals surface area contributed by atoms with Crippen molar-refractivity contribution >= 4 is 11.6 Å². The van der Waals surface area contributed by atoms with Gasteiger partial charge in [0.05, 0.1) is 0 Å². The second-order valence-corrected chi connectivity index (χ2v) is 3.72. The first-order valence-electron chi connectivity index (χ1n) is 4.67. The number of aryl methyl sites for hydroxylation is 1. The summed E-state index contributed by atoms with van der Waals surface area (Å²) in [6.45, 7) is 0.164. The van der Waals surface area contributed by atoms with Crippen LogP contribution in [0.3, 0.4) is 0 Å². The van der Waals surface area contributed by atoms with Gasteiger partial charge in [0.25, 0.3) is 0 Å². The van der Waals surface area contributed by atoms with Crippen LogP contribution in [0.4, 0.5) is 17.6 Å². The summed E-state index contributed by atoms with van der Waals surface area (Å²) in [7, 11) is 0. The molecule has 0 saturated heterocycles. The molecule has 1 heterocycles. The number of ether oxygens (including phenoxy) is 1. The molecule has 0 atom stereocenters. The molecule has 0 aliphatic carbocycles. The van der Waals surface area contributed by atoms with Crippen LogP contribution in [0.15, 0.2) is 12.3 Å². The summed E-state index contributed by atoms with van der Waals surface area (Å²) in [5.74, 6) is -4.06. The largest absolute Gasteiger partial charge is 0.471 e. The minimum Gasteiger partial charge on any atom is -0.471 e. The highest BCUT2D eigenvalue weighted by Crippen LogP contribution is 2.25. The van der Waals surface area contributed by atoms with Crippen LogP contribution in [0, 0.1) is 6.92 Å². The molecule has 0 radical (unpaired) electrons. The van der Waals surface area contributed by atoms with Crippen molar-refractivity contribution in [1.82, 2.24) is 4.98 Å². The fraction of sp³-hybridized carbons (Fsp3) is 0.500. The van der Waals surface area contributed by atoms with Crippen molar-refractivity contribution in [3.8, 4) is 5.88 Å². The molecule has 0 aliphatic heterocycles. The minimum atomic E-state index is -4.18. The first kappa shape index (κ1) is 14.0. The van der Waals surface area contributed by atoms with E-state index in [-0.39, 0.29) is 11.8 Å². The van der Waals surface area contributed by atoms with Gasteiger partial charge in [0, 0.05) is 17.6 Å². The summed E-state index contributed by atoms with van der Waals surface area (Å²) in [4.78, 5) is 3.73. The molecule has 0 saturated carbocycles. The van der Waals surface area contributed by atoms with Crippen molar-refractivity contribution < 1.29 is 22.3 Å². The zero-order chi connectivity index (χ0) is 13.1. The molecule has 0 aliphatic rings. The summed E-state index contributed by atoms with van der Waals surface area (Å²) in [6.07, 6.45) is -2.42. The number of alkyl halides is 5. The van der Waals surface area contributed by atoms with Gasteiger partial charge in [-0.2, -0.15) is 8.78 Å². The van der Waals surface area contributed by atoms with Gasteiger partial charge in [-0.3, -0.25) is 0 Å². The van der Waals surface area contributed by atoms with E-state index < -0.39 is 19.0 Å². The predicted molar refractivity (Wildman–Crippen MR) is 55.0 cm³/mol. The van der Waals surface area contributed by atoms with Gasteiger partial charge in [-0.1, -0.05) is 0 Å². The van der Waals surface area contributed by atoms with Gasteiger partial charge in [0.15, 0.2) is 6.61 Å². The topological polar surface area (TPSA) is 22.1 Å². The SMILES string of the molecule is Cc1cc(CCl)cnc1OCC(F)(F)C(F)F. The quantitative estimate of drug-likeness (QED) is 0.605. The maximum atomic E-state index is 12.6. The van der Waals surface area contributed by atoms with Crippen molar-refractivity contribution in [1.29, 1.82) is 0 Å². The third-order valence-electron chi connectivity index (χ3n) is 1.96. The summed E-state index contributed by atoms with van der Waals surface area (Å²) >= 11 is 5.54. The highest BCUT2D eigenvalue weighted by Gasteiger charge is 2.41. The molecule has 0 aromatic carbocycles. The Labute approximate surface area is 101 Å². The van der Waals surface area contributed by atoms with Gasteiger partial charge in [0.2, 0.25) is 5.88 Å². The lowest BCUT2D eigenvalue weighted by molar-refractivity contribution is -0.148. The fourth-order valence-electron chi connectivity index (χ4n) is 1.07. The standard InChI is InChI=1S/C10H10ClF4NO/c1-6-2-7(3-11)4-16-8(6)17-5-10(14,15)9(12)13/h2,4,9H,3,5H2,1H3. The van der Waals surface area contributed by atoms with Crippen LogP contribution in [0.1, 0.15) is 11.1 Å². The zero-order valence-corrected chi connectivity index (χ0v) is 9.65. The molecule has 1 aromatic rings. The minimum absolute atomic E-state index is 0.0980. The van der Waals surface area contributed by atoms with Crippen LogP contribution in [0.5, 0.6) is 5.88 Å². The average molecular weight is 272 g/mol. The first-order valence-corrected chi connectivity index (χ1v) is 5.20. The smallest absolute Gasteiger partial charge is 0.340 e. The summed E-state index contributed by atoms with van der Waals surface area (Å²) in [5, 5.41) is 0. The molecule has 0 bridgehead atoms. The Morgan fingerprint density at radius 1 is 1.47 bits per heavy atom. The number of hydrogen-bond acceptors (Lipinski definition) is 2. The molecule has 1 rings (SSSR count). The maximum Gasteiger partial charge on any atom is 0.340 e. The van der Waals surface area contributed by atoms with Crippen LogP contribution in [-0.4, -0.2) is 23.9 Å². The molecular weight excluding hydrogens is 262 g/mol. The summed E-state index contributed by atoms with van der Waals surface area (Å²) in [5.41, 5.74) is 1.16. The highest BCUT2D eigenvalue weighted by atomic mass is 35.5. The van der Waals surface area contributed by atoms with Gasteiger partial charge in [0.1, 0.15) is 0 Å². The number of halogens is 5. The third kappa shape index (κ3) is 3.73. The van der Waals surface area contributed by atoms with Gasteiger partial charge in [-0.05, 0) is 18.6 Å². The number of hydrogen-bond donors (Lipinski definition) is 0. The first-order chi connectivity index (χ1) is 7.86. The van der Waals surface area contributed by atoms with E-state index >= 15 is 0 Å². The van der Waals surface area contributed by atoms with E-state index in [1.54, 1.807) is 13.0 Å². The molecule has 17 heavy (non-hydrogen) atoms. The predicted octanol–water partition coefficient (Wildman–Crippen LogP) is 3.41. The van der Waals surface area contributed by atoms with Crippen LogP contribution >= 0.6 is 11.6 Å². The monoisotopic (exact) mass is 271 g/mol. The number of aromatic nitrogens is 1. The normalized spacial score (nSPS) is 11.9. The molecule has 0 unspecified atom stereocenters. The van der Waals surface area contributed by atoms with Crippen molar-refractivity contribution in [2.75, 3.05) is 6.61 Å². The van der Waals surface area contributed by atoms with E-state index in [4.69, 9.17) is 11.6 Å². The Hall–Kier alpha value is -1.04. The third-order valence-corrected chi connectivity index (χ3v) is 2.27. The van der Waals surface area contributed by atoms with Crippen molar-refractivity contribution in [3.05, 3.63) is 23.4 Å². The van der Waals surface area contributed by atoms with Crippen molar-refractivity contribution in [2.24, 2.45) is 0 Å². The van der Waals surface area contributed by atoms with Crippen molar-refractivity contribution in [2.45, 2.75) is 25.2 Å². The van der Waals surface area contributed by atoms with Gasteiger partial charge in [-0.15, -0.1) is 11.6 Å². The van der Waals surface area contributed by atoms with Gasteiger partial charge >= 0.3 is 12.3 Å². The van der Waals surface area contributed by atoms with Crippen molar-refractivity contribution in [3.63, 3.8) is 0 Å². The lowest BCUT2D eigenvalue weighted by Crippen LogP contribution is -2.34. The molecule has 0 spiro atoms. The van der Waals surface area contributed by atoms with E-state index in [1.807, 2.05) is 0 Å². The maximum absolute atomic E-state index is 12.6. The summed E-state index contributed by atoms with van der Waals surface area (Å²) < 4.78 is 53.5. The molecule has 0 fully saturated rings. The molecule has 1 aromatic heterocycles. The Morgan fingerprint density at radius 2 is 2.12 bits per heavy atom. The Balaban J connectivity index is 2.70. The van der Waals surface area contributed by atoms with Crippen LogP contribution in [0.25, 0.3) is 0 Å². The summed E-state index contributed by atoms with van der Waals surface area (Å²) in [6, 6.07) is 1.59. The second-order valence-electron chi connectivity index (χ2n) is 3.45. The van der Waals surface area contributed by atoms with E-state index in [0.29, 0.717) is 11.1 Å². The Bertz CT molecular complexity index is 387. The van der Waals surface area contributed by atoms with E-state index in [1.165, 1.54) is 6.20 Å². The second kappa shape index (κ2) is 5.53. The molecule has 0 N–H and O–H groups in total. The lowest BCUT2D eigenvalue weighted by atomic mass is 10.2. The number of pyridine rings is 1. The molecule has 0 amide bonds. The average Bonchev–Trinajstić information content (AvgIpc) is 2.27. The Kier molecular flexibility index (Phi) is 4.56. The van der Waals surface area contributed by atoms with Crippen LogP contribution < -0.4 is 4.74 Å².